The molecule has 2 amide bonds. The van der Waals surface area contributed by atoms with Crippen LogP contribution in [0, 0.1) is 10.1 Å². The number of furan rings is 1. The van der Waals surface area contributed by atoms with Gasteiger partial charge in [-0.05, 0) is 29.2 Å². The highest BCUT2D eigenvalue weighted by Gasteiger charge is 2.14. The van der Waals surface area contributed by atoms with Crippen LogP contribution in [0.15, 0.2) is 45.9 Å². The average molecular weight is 372 g/mol. The second kappa shape index (κ2) is 8.26. The van der Waals surface area contributed by atoms with Gasteiger partial charge in [0.05, 0.1) is 18.8 Å². The first-order valence-electron chi connectivity index (χ1n) is 8.11. The zero-order chi connectivity index (χ0) is 20.0. The Balaban J connectivity index is 1.81. The Bertz CT molecular complexity index is 863. The summed E-state index contributed by atoms with van der Waals surface area (Å²) in [6.07, 6.45) is 1.12. The molecule has 1 aromatic heterocycles. The number of hydrogen-bond donors (Lipinski definition) is 2. The van der Waals surface area contributed by atoms with Crippen LogP contribution in [0.1, 0.15) is 42.5 Å². The van der Waals surface area contributed by atoms with E-state index in [1.54, 1.807) is 12.1 Å². The fourth-order valence-electron chi connectivity index (χ4n) is 2.10. The molecule has 0 bridgehead atoms. The molecule has 9 nitrogen and oxygen atoms in total. The average Bonchev–Trinajstić information content (AvgIpc) is 3.08. The van der Waals surface area contributed by atoms with Crippen LogP contribution in [-0.2, 0) is 10.2 Å². The van der Waals surface area contributed by atoms with Crippen LogP contribution in [0.2, 0.25) is 0 Å². The Morgan fingerprint density at radius 2 is 1.85 bits per heavy atom. The molecule has 2 aromatic rings. The quantitative estimate of drug-likeness (QED) is 0.457. The first kappa shape index (κ1) is 19.8. The van der Waals surface area contributed by atoms with E-state index in [4.69, 9.17) is 4.42 Å². The normalized spacial score (nSPS) is 11.4. The van der Waals surface area contributed by atoms with Gasteiger partial charge in [0, 0.05) is 5.56 Å². The van der Waals surface area contributed by atoms with Gasteiger partial charge in [-0.2, -0.15) is 5.10 Å². The maximum Gasteiger partial charge on any atom is 0.433 e. The van der Waals surface area contributed by atoms with Gasteiger partial charge >= 0.3 is 5.88 Å². The van der Waals surface area contributed by atoms with Crippen molar-refractivity contribution >= 4 is 23.9 Å². The van der Waals surface area contributed by atoms with Gasteiger partial charge in [0.1, 0.15) is 4.92 Å². The van der Waals surface area contributed by atoms with E-state index < -0.39 is 16.7 Å². The number of rotatable bonds is 6. The van der Waals surface area contributed by atoms with Crippen LogP contribution in [0.5, 0.6) is 0 Å². The highest BCUT2D eigenvalue weighted by Crippen LogP contribution is 2.22. The number of nitro groups is 1. The number of nitrogens with one attached hydrogen (secondary N) is 2. The Morgan fingerprint density at radius 1 is 1.19 bits per heavy atom. The molecular formula is C18H20N4O5. The maximum atomic E-state index is 12.1. The molecule has 1 heterocycles. The highest BCUT2D eigenvalue weighted by molar-refractivity contribution is 5.96. The maximum absolute atomic E-state index is 12.1. The summed E-state index contributed by atoms with van der Waals surface area (Å²) in [6.45, 7) is 5.96. The van der Waals surface area contributed by atoms with Crippen LogP contribution < -0.4 is 10.7 Å². The molecule has 0 atom stereocenters. The minimum atomic E-state index is -0.681. The lowest BCUT2D eigenvalue weighted by molar-refractivity contribution is -0.402. The Hall–Kier alpha value is -3.49. The minimum absolute atomic E-state index is 0.0126. The van der Waals surface area contributed by atoms with Crippen LogP contribution in [-0.4, -0.2) is 29.5 Å². The molecular weight excluding hydrogens is 352 g/mol. The number of nitrogens with zero attached hydrogens (tertiary/aromatic N) is 2. The van der Waals surface area contributed by atoms with Gasteiger partial charge in [0.15, 0.2) is 5.76 Å². The van der Waals surface area contributed by atoms with Crippen LogP contribution in [0.3, 0.4) is 0 Å². The van der Waals surface area contributed by atoms with E-state index in [0.717, 1.165) is 11.8 Å². The number of carbonyl (C=O) groups is 2. The van der Waals surface area contributed by atoms with E-state index in [2.05, 4.69) is 36.6 Å². The van der Waals surface area contributed by atoms with Crippen LogP contribution in [0.25, 0.3) is 0 Å². The minimum Gasteiger partial charge on any atom is -0.400 e. The Labute approximate surface area is 155 Å². The lowest BCUT2D eigenvalue weighted by atomic mass is 9.87. The molecule has 9 heteroatoms. The molecule has 0 fully saturated rings. The van der Waals surface area contributed by atoms with Crippen molar-refractivity contribution in [2.75, 3.05) is 6.54 Å². The van der Waals surface area contributed by atoms with E-state index in [0.29, 0.717) is 5.56 Å². The summed E-state index contributed by atoms with van der Waals surface area (Å²) in [5.41, 5.74) is 3.73. The van der Waals surface area contributed by atoms with Gasteiger partial charge < -0.3 is 9.73 Å². The third-order valence-electron chi connectivity index (χ3n) is 3.60. The van der Waals surface area contributed by atoms with Crippen LogP contribution in [0.4, 0.5) is 5.88 Å². The predicted octanol–water partition coefficient (Wildman–Crippen LogP) is 2.37. The lowest BCUT2D eigenvalue weighted by Crippen LogP contribution is -2.34. The summed E-state index contributed by atoms with van der Waals surface area (Å²) in [4.78, 5) is 33.6. The number of amides is 2. The number of hydrogen-bond acceptors (Lipinski definition) is 6. The van der Waals surface area contributed by atoms with Crippen LogP contribution >= 0.6 is 0 Å². The van der Waals surface area contributed by atoms with Gasteiger partial charge in [-0.1, -0.05) is 32.9 Å². The molecule has 0 spiro atoms. The number of carbonyl (C=O) groups excluding carboxylic acids is 2. The van der Waals surface area contributed by atoms with Gasteiger partial charge in [0.2, 0.25) is 0 Å². The monoisotopic (exact) mass is 372 g/mol. The standard InChI is InChI=1S/C18H20N4O5/c1-18(2,3)13-6-4-12(5-7-13)17(24)19-11-15(23)21-20-10-14-8-9-16(27-14)22(25)26/h4-10H,11H2,1-3H3,(H,19,24)(H,21,23)/b20-10-. The first-order chi connectivity index (χ1) is 12.7. The summed E-state index contributed by atoms with van der Waals surface area (Å²) >= 11 is 0. The molecule has 0 aliphatic rings. The lowest BCUT2D eigenvalue weighted by Gasteiger charge is -2.19. The zero-order valence-electron chi connectivity index (χ0n) is 15.2. The van der Waals surface area contributed by atoms with E-state index in [9.17, 15) is 19.7 Å². The molecule has 142 valence electrons. The highest BCUT2D eigenvalue weighted by atomic mass is 16.6. The molecule has 2 rings (SSSR count). The van der Waals surface area contributed by atoms with Gasteiger partial charge in [-0.3, -0.25) is 19.7 Å². The Kier molecular flexibility index (Phi) is 6.07. The molecule has 0 saturated heterocycles. The summed E-state index contributed by atoms with van der Waals surface area (Å²) in [5.74, 6) is -1.24. The number of hydrazone groups is 1. The van der Waals surface area contributed by atoms with Crippen molar-refractivity contribution in [2.45, 2.75) is 26.2 Å². The van der Waals surface area contributed by atoms with Gasteiger partial charge in [-0.25, -0.2) is 5.43 Å². The second-order valence-electron chi connectivity index (χ2n) is 6.74. The molecule has 0 unspecified atom stereocenters. The second-order valence-corrected chi connectivity index (χ2v) is 6.74. The van der Waals surface area contributed by atoms with Gasteiger partial charge in [0.25, 0.3) is 11.8 Å². The molecule has 0 aliphatic carbocycles. The van der Waals surface area contributed by atoms with Crippen molar-refractivity contribution in [3.05, 3.63) is 63.4 Å². The fourth-order valence-corrected chi connectivity index (χ4v) is 2.10. The third kappa shape index (κ3) is 5.77. The van der Waals surface area contributed by atoms with Crippen molar-refractivity contribution in [1.82, 2.24) is 10.7 Å². The first-order valence-corrected chi connectivity index (χ1v) is 8.11. The summed E-state index contributed by atoms with van der Waals surface area (Å²) in [7, 11) is 0. The molecule has 27 heavy (non-hydrogen) atoms. The molecule has 1 aromatic carbocycles. The van der Waals surface area contributed by atoms with Crippen molar-refractivity contribution in [3.63, 3.8) is 0 Å². The topological polar surface area (TPSA) is 127 Å². The summed E-state index contributed by atoms with van der Waals surface area (Å²) in [6, 6.07) is 9.68. The zero-order valence-corrected chi connectivity index (χ0v) is 15.2. The van der Waals surface area contributed by atoms with Crippen molar-refractivity contribution in [1.29, 1.82) is 0 Å². The summed E-state index contributed by atoms with van der Waals surface area (Å²) < 4.78 is 4.85. The SMILES string of the molecule is CC(C)(C)c1ccc(C(=O)NCC(=O)N/N=C\c2ccc([N+](=O)[O-])o2)cc1. The molecule has 2 N–H and O–H groups in total. The Morgan fingerprint density at radius 3 is 2.41 bits per heavy atom. The van der Waals surface area contributed by atoms with Crippen molar-refractivity contribution < 1.29 is 18.9 Å². The predicted molar refractivity (Wildman–Crippen MR) is 98.6 cm³/mol. The molecule has 0 aliphatic heterocycles. The van der Waals surface area contributed by atoms with E-state index in [1.807, 2.05) is 12.1 Å². The third-order valence-corrected chi connectivity index (χ3v) is 3.60. The van der Waals surface area contributed by atoms with E-state index >= 15 is 0 Å². The number of benzene rings is 1. The van der Waals surface area contributed by atoms with Crippen molar-refractivity contribution in [3.8, 4) is 0 Å². The van der Waals surface area contributed by atoms with Crippen molar-refractivity contribution in [2.24, 2.45) is 5.10 Å². The van der Waals surface area contributed by atoms with E-state index in [-0.39, 0.29) is 23.6 Å². The smallest absolute Gasteiger partial charge is 0.400 e. The molecule has 0 saturated carbocycles. The largest absolute Gasteiger partial charge is 0.433 e. The molecule has 0 radical (unpaired) electrons. The fraction of sp³-hybridized carbons (Fsp3) is 0.278. The van der Waals surface area contributed by atoms with E-state index in [1.165, 1.54) is 12.1 Å². The van der Waals surface area contributed by atoms with Gasteiger partial charge in [-0.15, -0.1) is 0 Å². The summed E-state index contributed by atoms with van der Waals surface area (Å²) in [5, 5.41) is 16.6.